The third-order valence-corrected chi connectivity index (χ3v) is 6.85. The van der Waals surface area contributed by atoms with Gasteiger partial charge >= 0.3 is 0 Å². The van der Waals surface area contributed by atoms with E-state index in [-0.39, 0.29) is 23.2 Å². The molecule has 35 heavy (non-hydrogen) atoms. The van der Waals surface area contributed by atoms with Crippen molar-refractivity contribution in [3.05, 3.63) is 68.5 Å². The fourth-order valence-electron chi connectivity index (χ4n) is 4.84. The molecule has 0 N–H and O–H groups in total. The molecule has 2 aromatic carbocycles. The summed E-state index contributed by atoms with van der Waals surface area (Å²) in [6.45, 7) is 3.71. The minimum absolute atomic E-state index is 0.0649. The molecule has 8 heteroatoms. The van der Waals surface area contributed by atoms with Gasteiger partial charge in [0.1, 0.15) is 5.58 Å². The van der Waals surface area contributed by atoms with Gasteiger partial charge in [-0.15, -0.1) is 0 Å². The Labute approximate surface area is 208 Å². The fraction of sp³-hybridized carbons (Fsp3) is 0.407. The quantitative estimate of drug-likeness (QED) is 0.390. The third-order valence-electron chi connectivity index (χ3n) is 6.61. The number of rotatable bonds is 8. The standard InChI is InChI=1S/C27H28ClNO6/c1-3-4-11-34-21-9-7-16(13-22(21)32-2)24-23-25(30)19-14-17(28)8-10-20(19)35-26(23)27(31)29(24)15-18-6-5-12-33-18/h7-10,13-14,18,24H,3-6,11-12,15H2,1-2H3. The van der Waals surface area contributed by atoms with Gasteiger partial charge in [-0.3, -0.25) is 9.59 Å². The zero-order valence-corrected chi connectivity index (χ0v) is 20.6. The van der Waals surface area contributed by atoms with Crippen LogP contribution in [0.15, 0.2) is 45.6 Å². The molecule has 1 aromatic heterocycles. The highest BCUT2D eigenvalue weighted by molar-refractivity contribution is 6.31. The van der Waals surface area contributed by atoms with Gasteiger partial charge < -0.3 is 23.5 Å². The maximum atomic E-state index is 13.7. The number of hydrogen-bond donors (Lipinski definition) is 0. The molecular weight excluding hydrogens is 470 g/mol. The first-order valence-electron chi connectivity index (χ1n) is 12.0. The predicted molar refractivity (Wildman–Crippen MR) is 133 cm³/mol. The molecule has 0 aliphatic carbocycles. The predicted octanol–water partition coefficient (Wildman–Crippen LogP) is 5.36. The topological polar surface area (TPSA) is 78.2 Å². The maximum Gasteiger partial charge on any atom is 0.291 e. The molecular formula is C27H28ClNO6. The molecule has 184 valence electrons. The lowest BCUT2D eigenvalue weighted by Gasteiger charge is -2.28. The van der Waals surface area contributed by atoms with E-state index in [1.807, 2.05) is 18.2 Å². The van der Waals surface area contributed by atoms with E-state index in [9.17, 15) is 9.59 Å². The van der Waals surface area contributed by atoms with Crippen LogP contribution < -0.4 is 14.9 Å². The van der Waals surface area contributed by atoms with Gasteiger partial charge in [-0.2, -0.15) is 0 Å². The second kappa shape index (κ2) is 9.91. The average molecular weight is 498 g/mol. The summed E-state index contributed by atoms with van der Waals surface area (Å²) in [4.78, 5) is 29.0. The van der Waals surface area contributed by atoms with Gasteiger partial charge in [-0.05, 0) is 55.2 Å². The van der Waals surface area contributed by atoms with Crippen LogP contribution in [0.4, 0.5) is 0 Å². The number of carbonyl (C=O) groups excluding carboxylic acids is 1. The lowest BCUT2D eigenvalue weighted by molar-refractivity contribution is 0.0486. The number of methoxy groups -OCH3 is 1. The number of benzene rings is 2. The minimum atomic E-state index is -0.639. The molecule has 5 rings (SSSR count). The van der Waals surface area contributed by atoms with E-state index < -0.39 is 6.04 Å². The monoisotopic (exact) mass is 497 g/mol. The van der Waals surface area contributed by atoms with Crippen LogP contribution in [0.25, 0.3) is 11.0 Å². The van der Waals surface area contributed by atoms with Crippen LogP contribution >= 0.6 is 11.6 Å². The van der Waals surface area contributed by atoms with Crippen molar-refractivity contribution in [2.45, 2.75) is 44.8 Å². The summed E-state index contributed by atoms with van der Waals surface area (Å²) in [5, 5.41) is 0.775. The van der Waals surface area contributed by atoms with E-state index in [1.54, 1.807) is 30.2 Å². The van der Waals surface area contributed by atoms with Gasteiger partial charge in [0.25, 0.3) is 5.91 Å². The number of fused-ring (bicyclic) bond motifs is 2. The van der Waals surface area contributed by atoms with E-state index in [2.05, 4.69) is 6.92 Å². The van der Waals surface area contributed by atoms with Crippen LogP contribution in [-0.2, 0) is 4.74 Å². The molecule has 1 amide bonds. The molecule has 7 nitrogen and oxygen atoms in total. The molecule has 1 fully saturated rings. The Kier molecular flexibility index (Phi) is 6.71. The number of ether oxygens (including phenoxy) is 3. The summed E-state index contributed by atoms with van der Waals surface area (Å²) >= 11 is 6.17. The number of amides is 1. The summed E-state index contributed by atoms with van der Waals surface area (Å²) in [6, 6.07) is 9.74. The number of hydrogen-bond acceptors (Lipinski definition) is 6. The lowest BCUT2D eigenvalue weighted by Crippen LogP contribution is -2.36. The van der Waals surface area contributed by atoms with Crippen molar-refractivity contribution in [2.24, 2.45) is 0 Å². The number of unbranched alkanes of at least 4 members (excludes halogenated alkanes) is 1. The number of halogens is 1. The molecule has 0 bridgehead atoms. The van der Waals surface area contributed by atoms with Crippen LogP contribution in [0.1, 0.15) is 60.3 Å². The van der Waals surface area contributed by atoms with Gasteiger partial charge in [0.15, 0.2) is 16.9 Å². The molecule has 1 saturated heterocycles. The van der Waals surface area contributed by atoms with Crippen molar-refractivity contribution < 1.29 is 23.4 Å². The second-order valence-corrected chi connectivity index (χ2v) is 9.36. The zero-order valence-electron chi connectivity index (χ0n) is 19.8. The summed E-state index contributed by atoms with van der Waals surface area (Å²) in [5.74, 6) is 0.911. The molecule has 0 radical (unpaired) electrons. The highest BCUT2D eigenvalue weighted by atomic mass is 35.5. The number of carbonyl (C=O) groups is 1. The second-order valence-electron chi connectivity index (χ2n) is 8.92. The van der Waals surface area contributed by atoms with Crippen LogP contribution in [0, 0.1) is 0 Å². The van der Waals surface area contributed by atoms with Crippen molar-refractivity contribution in [1.82, 2.24) is 4.90 Å². The summed E-state index contributed by atoms with van der Waals surface area (Å²) in [5.41, 5.74) is 1.12. The number of nitrogens with zero attached hydrogens (tertiary/aromatic N) is 1. The highest BCUT2D eigenvalue weighted by Gasteiger charge is 2.44. The third kappa shape index (κ3) is 4.39. The van der Waals surface area contributed by atoms with Crippen molar-refractivity contribution >= 4 is 28.5 Å². The molecule has 2 unspecified atom stereocenters. The molecule has 2 atom stereocenters. The molecule has 3 aromatic rings. The first kappa shape index (κ1) is 23.7. The van der Waals surface area contributed by atoms with Crippen molar-refractivity contribution in [3.8, 4) is 11.5 Å². The first-order valence-corrected chi connectivity index (χ1v) is 12.4. The Morgan fingerprint density at radius 1 is 1.14 bits per heavy atom. The van der Waals surface area contributed by atoms with Gasteiger partial charge in [0, 0.05) is 18.2 Å². The van der Waals surface area contributed by atoms with Gasteiger partial charge in [0.05, 0.1) is 36.8 Å². The van der Waals surface area contributed by atoms with E-state index >= 15 is 0 Å². The van der Waals surface area contributed by atoms with Gasteiger partial charge in [-0.1, -0.05) is 31.0 Å². The molecule has 0 spiro atoms. The smallest absolute Gasteiger partial charge is 0.291 e. The van der Waals surface area contributed by atoms with Crippen LogP contribution in [0.2, 0.25) is 5.02 Å². The molecule has 2 aliphatic heterocycles. The van der Waals surface area contributed by atoms with E-state index in [4.69, 9.17) is 30.2 Å². The van der Waals surface area contributed by atoms with E-state index in [1.165, 1.54) is 0 Å². The van der Waals surface area contributed by atoms with Crippen LogP contribution in [0.5, 0.6) is 11.5 Å². The van der Waals surface area contributed by atoms with E-state index in [0.717, 1.165) is 31.2 Å². The van der Waals surface area contributed by atoms with Crippen LogP contribution in [0.3, 0.4) is 0 Å². The lowest BCUT2D eigenvalue weighted by atomic mass is 9.97. The Morgan fingerprint density at radius 3 is 2.74 bits per heavy atom. The van der Waals surface area contributed by atoms with Gasteiger partial charge in [0.2, 0.25) is 5.76 Å². The van der Waals surface area contributed by atoms with E-state index in [0.29, 0.717) is 52.8 Å². The summed E-state index contributed by atoms with van der Waals surface area (Å²) in [7, 11) is 1.58. The minimum Gasteiger partial charge on any atom is -0.493 e. The van der Waals surface area contributed by atoms with Crippen molar-refractivity contribution in [3.63, 3.8) is 0 Å². The Balaban J connectivity index is 1.63. The summed E-state index contributed by atoms with van der Waals surface area (Å²) in [6.07, 6.45) is 3.67. The van der Waals surface area contributed by atoms with Crippen molar-refractivity contribution in [1.29, 1.82) is 0 Å². The highest BCUT2D eigenvalue weighted by Crippen LogP contribution is 2.41. The Bertz CT molecular complexity index is 1310. The zero-order chi connectivity index (χ0) is 24.5. The SMILES string of the molecule is CCCCOc1ccc(C2c3c(oc4ccc(Cl)cc4c3=O)C(=O)N2CC2CCCO2)cc1OC. The maximum absolute atomic E-state index is 13.7. The van der Waals surface area contributed by atoms with Gasteiger partial charge in [-0.25, -0.2) is 0 Å². The van der Waals surface area contributed by atoms with Crippen LogP contribution in [-0.4, -0.2) is 43.8 Å². The average Bonchev–Trinajstić information content (AvgIpc) is 3.47. The molecule has 2 aliphatic rings. The first-order chi connectivity index (χ1) is 17.0. The Hall–Kier alpha value is -3.03. The normalized spacial score (nSPS) is 19.4. The molecule has 3 heterocycles. The largest absolute Gasteiger partial charge is 0.493 e. The summed E-state index contributed by atoms with van der Waals surface area (Å²) < 4.78 is 23.3. The fourth-order valence-corrected chi connectivity index (χ4v) is 5.01. The Morgan fingerprint density at radius 2 is 2.00 bits per heavy atom. The molecule has 0 saturated carbocycles. The van der Waals surface area contributed by atoms with Crippen molar-refractivity contribution in [2.75, 3.05) is 26.9 Å².